The second kappa shape index (κ2) is 4.91. The molecular weight excluding hydrogens is 176 g/mol. The van der Waals surface area contributed by atoms with Gasteiger partial charge in [-0.3, -0.25) is 4.98 Å². The minimum absolute atomic E-state index is 0.728. The molecule has 0 saturated carbocycles. The monoisotopic (exact) mass is 192 g/mol. The molecule has 0 amide bonds. The van der Waals surface area contributed by atoms with E-state index in [2.05, 4.69) is 20.6 Å². The first-order valence-electron chi connectivity index (χ1n) is 5.16. The number of piperidine rings is 1. The van der Waals surface area contributed by atoms with E-state index in [1.165, 1.54) is 19.4 Å². The highest BCUT2D eigenvalue weighted by Crippen LogP contribution is 2.10. The van der Waals surface area contributed by atoms with Gasteiger partial charge >= 0.3 is 0 Å². The SMILES string of the molecule is c1cnc(NC[C@H]2CCCNC2)cn1. The summed E-state index contributed by atoms with van der Waals surface area (Å²) >= 11 is 0. The van der Waals surface area contributed by atoms with Crippen molar-refractivity contribution in [2.75, 3.05) is 25.0 Å². The van der Waals surface area contributed by atoms with Crippen molar-refractivity contribution in [2.24, 2.45) is 5.92 Å². The third-order valence-electron chi connectivity index (χ3n) is 2.53. The van der Waals surface area contributed by atoms with Crippen LogP contribution in [0.2, 0.25) is 0 Å². The molecule has 0 aromatic carbocycles. The predicted molar refractivity (Wildman–Crippen MR) is 56.1 cm³/mol. The van der Waals surface area contributed by atoms with Gasteiger partial charge in [0, 0.05) is 18.9 Å². The van der Waals surface area contributed by atoms with Gasteiger partial charge in [0.1, 0.15) is 5.82 Å². The largest absolute Gasteiger partial charge is 0.368 e. The van der Waals surface area contributed by atoms with Crippen LogP contribution in [0, 0.1) is 5.92 Å². The first-order chi connectivity index (χ1) is 6.95. The van der Waals surface area contributed by atoms with Crippen molar-refractivity contribution in [3.05, 3.63) is 18.6 Å². The quantitative estimate of drug-likeness (QED) is 0.746. The topological polar surface area (TPSA) is 49.8 Å². The lowest BCUT2D eigenvalue weighted by Crippen LogP contribution is -2.33. The summed E-state index contributed by atoms with van der Waals surface area (Å²) in [7, 11) is 0. The molecule has 1 aromatic rings. The van der Waals surface area contributed by atoms with Crippen LogP contribution in [0.15, 0.2) is 18.6 Å². The Balaban J connectivity index is 1.76. The number of aromatic nitrogens is 2. The van der Waals surface area contributed by atoms with Crippen molar-refractivity contribution in [1.29, 1.82) is 0 Å². The van der Waals surface area contributed by atoms with Crippen molar-refractivity contribution in [3.63, 3.8) is 0 Å². The van der Waals surface area contributed by atoms with E-state index in [1.807, 2.05) is 0 Å². The molecule has 2 N–H and O–H groups in total. The average molecular weight is 192 g/mol. The van der Waals surface area contributed by atoms with Gasteiger partial charge in [-0.15, -0.1) is 0 Å². The van der Waals surface area contributed by atoms with Crippen LogP contribution >= 0.6 is 0 Å². The van der Waals surface area contributed by atoms with Gasteiger partial charge in [0.15, 0.2) is 0 Å². The summed E-state index contributed by atoms with van der Waals surface area (Å²) in [6, 6.07) is 0. The average Bonchev–Trinajstić information content (AvgIpc) is 2.29. The molecule has 14 heavy (non-hydrogen) atoms. The summed E-state index contributed by atoms with van der Waals surface area (Å²) in [6.45, 7) is 3.28. The number of rotatable bonds is 3. The fraction of sp³-hybridized carbons (Fsp3) is 0.600. The van der Waals surface area contributed by atoms with Gasteiger partial charge in [-0.2, -0.15) is 0 Å². The van der Waals surface area contributed by atoms with Gasteiger partial charge in [-0.25, -0.2) is 4.98 Å². The first-order valence-corrected chi connectivity index (χ1v) is 5.16. The van der Waals surface area contributed by atoms with Crippen molar-refractivity contribution < 1.29 is 0 Å². The molecule has 1 aliphatic heterocycles. The summed E-state index contributed by atoms with van der Waals surface area (Å²) in [6.07, 6.45) is 7.75. The zero-order valence-corrected chi connectivity index (χ0v) is 8.24. The first kappa shape index (κ1) is 9.40. The molecule has 0 spiro atoms. The Labute approximate surface area is 84.2 Å². The van der Waals surface area contributed by atoms with Crippen LogP contribution in [0.5, 0.6) is 0 Å². The van der Waals surface area contributed by atoms with E-state index in [4.69, 9.17) is 0 Å². The predicted octanol–water partition coefficient (Wildman–Crippen LogP) is 0.888. The molecule has 1 saturated heterocycles. The van der Waals surface area contributed by atoms with Crippen molar-refractivity contribution >= 4 is 5.82 Å². The molecule has 0 unspecified atom stereocenters. The highest BCUT2D eigenvalue weighted by atomic mass is 15.0. The Morgan fingerprint density at radius 1 is 1.50 bits per heavy atom. The molecule has 0 radical (unpaired) electrons. The van der Waals surface area contributed by atoms with E-state index in [9.17, 15) is 0 Å². The third-order valence-corrected chi connectivity index (χ3v) is 2.53. The van der Waals surface area contributed by atoms with E-state index in [0.717, 1.165) is 24.8 Å². The number of anilines is 1. The van der Waals surface area contributed by atoms with Gasteiger partial charge in [0.05, 0.1) is 6.20 Å². The Morgan fingerprint density at radius 3 is 3.21 bits per heavy atom. The molecule has 2 heterocycles. The fourth-order valence-electron chi connectivity index (χ4n) is 1.74. The van der Waals surface area contributed by atoms with Crippen LogP contribution in [0.3, 0.4) is 0 Å². The second-order valence-corrected chi connectivity index (χ2v) is 3.68. The molecule has 2 rings (SSSR count). The number of hydrogen-bond acceptors (Lipinski definition) is 4. The zero-order valence-electron chi connectivity index (χ0n) is 8.24. The molecule has 4 heteroatoms. The van der Waals surface area contributed by atoms with Gasteiger partial charge in [-0.1, -0.05) is 0 Å². The van der Waals surface area contributed by atoms with Crippen LogP contribution in [0.25, 0.3) is 0 Å². The molecule has 0 aliphatic carbocycles. The minimum atomic E-state index is 0.728. The van der Waals surface area contributed by atoms with Gasteiger partial charge in [0.25, 0.3) is 0 Å². The lowest BCUT2D eigenvalue weighted by molar-refractivity contribution is 0.392. The van der Waals surface area contributed by atoms with E-state index in [0.29, 0.717) is 0 Å². The van der Waals surface area contributed by atoms with Gasteiger partial charge in [-0.05, 0) is 31.8 Å². The number of hydrogen-bond donors (Lipinski definition) is 2. The Bertz CT molecular complexity index is 256. The molecule has 1 fully saturated rings. The lowest BCUT2D eigenvalue weighted by atomic mass is 10.00. The summed E-state index contributed by atoms with van der Waals surface area (Å²) in [5.41, 5.74) is 0. The van der Waals surface area contributed by atoms with E-state index >= 15 is 0 Å². The summed E-state index contributed by atoms with van der Waals surface area (Å²) < 4.78 is 0. The molecule has 1 aromatic heterocycles. The third kappa shape index (κ3) is 2.67. The van der Waals surface area contributed by atoms with E-state index in [1.54, 1.807) is 18.6 Å². The van der Waals surface area contributed by atoms with Crippen LogP contribution < -0.4 is 10.6 Å². The molecule has 1 atom stereocenters. The summed E-state index contributed by atoms with van der Waals surface area (Å²) in [5, 5.41) is 6.70. The maximum atomic E-state index is 4.17. The van der Waals surface area contributed by atoms with Crippen molar-refractivity contribution in [1.82, 2.24) is 15.3 Å². The normalized spacial score (nSPS) is 21.9. The molecule has 1 aliphatic rings. The number of nitrogens with one attached hydrogen (secondary N) is 2. The van der Waals surface area contributed by atoms with E-state index in [-0.39, 0.29) is 0 Å². The zero-order chi connectivity index (χ0) is 9.64. The summed E-state index contributed by atoms with van der Waals surface area (Å²) in [4.78, 5) is 8.18. The maximum Gasteiger partial charge on any atom is 0.144 e. The standard InChI is InChI=1S/C10H16N4/c1-2-9(6-11-3-1)7-14-10-8-12-4-5-13-10/h4-5,8-9,11H,1-3,6-7H2,(H,13,14)/t9-/m0/s1. The fourth-order valence-corrected chi connectivity index (χ4v) is 1.74. The summed E-state index contributed by atoms with van der Waals surface area (Å²) in [5.74, 6) is 1.60. The van der Waals surface area contributed by atoms with Gasteiger partial charge in [0.2, 0.25) is 0 Å². The lowest BCUT2D eigenvalue weighted by Gasteiger charge is -2.22. The highest BCUT2D eigenvalue weighted by Gasteiger charge is 2.12. The Kier molecular flexibility index (Phi) is 3.29. The van der Waals surface area contributed by atoms with Crippen LogP contribution in [0.1, 0.15) is 12.8 Å². The number of nitrogens with zero attached hydrogens (tertiary/aromatic N) is 2. The van der Waals surface area contributed by atoms with Crippen molar-refractivity contribution in [3.8, 4) is 0 Å². The Hall–Kier alpha value is -1.16. The maximum absolute atomic E-state index is 4.17. The van der Waals surface area contributed by atoms with Crippen LogP contribution in [0.4, 0.5) is 5.82 Å². The molecule has 0 bridgehead atoms. The van der Waals surface area contributed by atoms with E-state index < -0.39 is 0 Å². The highest BCUT2D eigenvalue weighted by molar-refractivity contribution is 5.29. The smallest absolute Gasteiger partial charge is 0.144 e. The molecule has 76 valence electrons. The van der Waals surface area contributed by atoms with Crippen LogP contribution in [-0.4, -0.2) is 29.6 Å². The minimum Gasteiger partial charge on any atom is -0.368 e. The van der Waals surface area contributed by atoms with Crippen LogP contribution in [-0.2, 0) is 0 Å². The Morgan fingerprint density at radius 2 is 2.50 bits per heavy atom. The second-order valence-electron chi connectivity index (χ2n) is 3.68. The molecular formula is C10H16N4. The van der Waals surface area contributed by atoms with Gasteiger partial charge < -0.3 is 10.6 Å². The molecule has 4 nitrogen and oxygen atoms in total. The van der Waals surface area contributed by atoms with Crippen molar-refractivity contribution in [2.45, 2.75) is 12.8 Å².